The van der Waals surface area contributed by atoms with E-state index < -0.39 is 20.7 Å². The van der Waals surface area contributed by atoms with Crippen molar-refractivity contribution in [3.8, 4) is 0 Å². The predicted octanol–water partition coefficient (Wildman–Crippen LogP) is 4.30. The molecule has 0 atom stereocenters. The number of hydrogen-bond acceptors (Lipinski definition) is 4. The standard InChI is InChI=1S/C18H17Cl2NO4S/c1-25-17(22)12-5-7-14(8-6-12)21-26(23,24)18(9-10-18)11-13-3-2-4-15(19)16(13)20/h2-8,21H,9-11H2,1H3. The third-order valence-corrected chi connectivity index (χ3v) is 7.54. The summed E-state index contributed by atoms with van der Waals surface area (Å²) in [5.41, 5.74) is 1.45. The van der Waals surface area contributed by atoms with Crippen molar-refractivity contribution in [3.63, 3.8) is 0 Å². The number of benzene rings is 2. The maximum atomic E-state index is 12.9. The quantitative estimate of drug-likeness (QED) is 0.716. The maximum absolute atomic E-state index is 12.9. The first-order chi connectivity index (χ1) is 12.3. The van der Waals surface area contributed by atoms with Crippen molar-refractivity contribution in [1.82, 2.24) is 0 Å². The molecule has 0 radical (unpaired) electrons. The van der Waals surface area contributed by atoms with E-state index in [1.807, 2.05) is 0 Å². The average Bonchev–Trinajstić information content (AvgIpc) is 3.40. The Morgan fingerprint density at radius 3 is 2.38 bits per heavy atom. The Hall–Kier alpha value is -1.76. The van der Waals surface area contributed by atoms with E-state index in [0.29, 0.717) is 46.1 Å². The fraction of sp³-hybridized carbons (Fsp3) is 0.278. The van der Waals surface area contributed by atoms with Crippen LogP contribution in [0.5, 0.6) is 0 Å². The molecule has 2 aromatic rings. The summed E-state index contributed by atoms with van der Waals surface area (Å²) >= 11 is 12.2. The van der Waals surface area contributed by atoms with Crippen LogP contribution in [0.2, 0.25) is 10.0 Å². The topological polar surface area (TPSA) is 72.5 Å². The number of esters is 1. The summed E-state index contributed by atoms with van der Waals surface area (Å²) in [6, 6.07) is 11.3. The number of nitrogens with one attached hydrogen (secondary N) is 1. The first-order valence-corrected chi connectivity index (χ1v) is 10.2. The van der Waals surface area contributed by atoms with Gasteiger partial charge in [-0.2, -0.15) is 0 Å². The van der Waals surface area contributed by atoms with Crippen LogP contribution in [0, 0.1) is 0 Å². The van der Waals surface area contributed by atoms with Crippen LogP contribution in [-0.2, 0) is 21.2 Å². The zero-order chi connectivity index (χ0) is 18.9. The van der Waals surface area contributed by atoms with Crippen molar-refractivity contribution < 1.29 is 17.9 Å². The number of anilines is 1. The monoisotopic (exact) mass is 413 g/mol. The van der Waals surface area contributed by atoms with E-state index in [9.17, 15) is 13.2 Å². The van der Waals surface area contributed by atoms with Crippen LogP contribution in [0.4, 0.5) is 5.69 Å². The number of rotatable bonds is 6. The summed E-state index contributed by atoms with van der Waals surface area (Å²) in [4.78, 5) is 11.5. The normalized spacial score (nSPS) is 15.3. The Morgan fingerprint density at radius 1 is 1.15 bits per heavy atom. The highest BCUT2D eigenvalue weighted by Crippen LogP contribution is 2.48. The zero-order valence-corrected chi connectivity index (χ0v) is 16.3. The van der Waals surface area contributed by atoms with Crippen LogP contribution >= 0.6 is 23.2 Å². The molecule has 0 saturated heterocycles. The van der Waals surface area contributed by atoms with E-state index >= 15 is 0 Å². The first kappa shape index (κ1) is 19.0. The van der Waals surface area contributed by atoms with Gasteiger partial charge in [0.15, 0.2) is 0 Å². The van der Waals surface area contributed by atoms with E-state index in [0.717, 1.165) is 0 Å². The summed E-state index contributed by atoms with van der Waals surface area (Å²) in [6.45, 7) is 0. The molecule has 1 saturated carbocycles. The minimum Gasteiger partial charge on any atom is -0.465 e. The second-order valence-electron chi connectivity index (χ2n) is 6.25. The fourth-order valence-corrected chi connectivity index (χ4v) is 4.80. The summed E-state index contributed by atoms with van der Waals surface area (Å²) in [6.07, 6.45) is 1.39. The third-order valence-electron chi connectivity index (χ3n) is 4.48. The lowest BCUT2D eigenvalue weighted by Crippen LogP contribution is -2.32. The Morgan fingerprint density at radius 2 is 1.81 bits per heavy atom. The second kappa shape index (κ2) is 7.10. The van der Waals surface area contributed by atoms with Gasteiger partial charge < -0.3 is 4.74 Å². The van der Waals surface area contributed by atoms with Crippen LogP contribution in [-0.4, -0.2) is 26.2 Å². The molecule has 1 aliphatic rings. The number of ether oxygens (including phenoxy) is 1. The molecule has 1 N–H and O–H groups in total. The first-order valence-electron chi connectivity index (χ1n) is 7.92. The van der Waals surface area contributed by atoms with Crippen LogP contribution in [0.3, 0.4) is 0 Å². The smallest absolute Gasteiger partial charge is 0.337 e. The lowest BCUT2D eigenvalue weighted by molar-refractivity contribution is 0.0601. The van der Waals surface area contributed by atoms with Gasteiger partial charge in [0, 0.05) is 5.69 Å². The Balaban J connectivity index is 1.79. The number of carbonyl (C=O) groups excluding carboxylic acids is 1. The van der Waals surface area contributed by atoms with Crippen molar-refractivity contribution in [1.29, 1.82) is 0 Å². The van der Waals surface area contributed by atoms with E-state index in [4.69, 9.17) is 23.2 Å². The highest BCUT2D eigenvalue weighted by atomic mass is 35.5. The van der Waals surface area contributed by atoms with Gasteiger partial charge in [-0.15, -0.1) is 0 Å². The fourth-order valence-electron chi connectivity index (χ4n) is 2.77. The molecule has 0 spiro atoms. The van der Waals surface area contributed by atoms with Gasteiger partial charge in [0.25, 0.3) is 0 Å². The molecule has 1 aliphatic carbocycles. The number of sulfonamides is 1. The molecular formula is C18H17Cl2NO4S. The Kier molecular flexibility index (Phi) is 5.19. The van der Waals surface area contributed by atoms with E-state index in [1.165, 1.54) is 31.4 Å². The lowest BCUT2D eigenvalue weighted by Gasteiger charge is -2.19. The van der Waals surface area contributed by atoms with Crippen molar-refractivity contribution in [2.45, 2.75) is 24.0 Å². The van der Waals surface area contributed by atoms with E-state index in [2.05, 4.69) is 9.46 Å². The molecule has 0 bridgehead atoms. The largest absolute Gasteiger partial charge is 0.465 e. The molecule has 5 nitrogen and oxygen atoms in total. The molecule has 8 heteroatoms. The van der Waals surface area contributed by atoms with Crippen molar-refractivity contribution in [3.05, 3.63) is 63.6 Å². The van der Waals surface area contributed by atoms with Gasteiger partial charge in [0.05, 0.1) is 27.5 Å². The summed E-state index contributed by atoms with van der Waals surface area (Å²) in [7, 11) is -2.35. The highest BCUT2D eigenvalue weighted by Gasteiger charge is 2.54. The van der Waals surface area contributed by atoms with Crippen LogP contribution in [0.25, 0.3) is 0 Å². The second-order valence-corrected chi connectivity index (χ2v) is 9.11. The van der Waals surface area contributed by atoms with Crippen molar-refractivity contribution >= 4 is 44.9 Å². The lowest BCUT2D eigenvalue weighted by atomic mass is 10.1. The molecule has 3 rings (SSSR count). The Bertz CT molecular complexity index is 938. The third kappa shape index (κ3) is 3.68. The van der Waals surface area contributed by atoms with Gasteiger partial charge in [-0.25, -0.2) is 13.2 Å². The van der Waals surface area contributed by atoms with Gasteiger partial charge in [-0.05, 0) is 55.2 Å². The minimum atomic E-state index is -3.64. The molecule has 0 aromatic heterocycles. The predicted molar refractivity (Wildman–Crippen MR) is 102 cm³/mol. The van der Waals surface area contributed by atoms with Gasteiger partial charge in [-0.3, -0.25) is 4.72 Å². The van der Waals surface area contributed by atoms with Crippen LogP contribution < -0.4 is 4.72 Å². The number of carbonyl (C=O) groups is 1. The number of methoxy groups -OCH3 is 1. The summed E-state index contributed by atoms with van der Waals surface area (Å²) in [5.74, 6) is -0.478. The SMILES string of the molecule is COC(=O)c1ccc(NS(=O)(=O)C2(Cc3cccc(Cl)c3Cl)CC2)cc1. The molecule has 26 heavy (non-hydrogen) atoms. The van der Waals surface area contributed by atoms with Gasteiger partial charge in [-0.1, -0.05) is 35.3 Å². The molecule has 1 fully saturated rings. The highest BCUT2D eigenvalue weighted by molar-refractivity contribution is 7.94. The van der Waals surface area contributed by atoms with Gasteiger partial charge in [0.1, 0.15) is 0 Å². The molecule has 0 aliphatic heterocycles. The molecule has 2 aromatic carbocycles. The van der Waals surface area contributed by atoms with Crippen LogP contribution in [0.1, 0.15) is 28.8 Å². The van der Waals surface area contributed by atoms with Crippen molar-refractivity contribution in [2.75, 3.05) is 11.8 Å². The van der Waals surface area contributed by atoms with Gasteiger partial charge >= 0.3 is 5.97 Å². The Labute approximate surface area is 162 Å². The average molecular weight is 414 g/mol. The number of hydrogen-bond donors (Lipinski definition) is 1. The maximum Gasteiger partial charge on any atom is 0.337 e. The molecule has 0 amide bonds. The van der Waals surface area contributed by atoms with E-state index in [-0.39, 0.29) is 0 Å². The van der Waals surface area contributed by atoms with E-state index in [1.54, 1.807) is 18.2 Å². The summed E-state index contributed by atoms with van der Waals surface area (Å²) < 4.78 is 32.1. The van der Waals surface area contributed by atoms with Crippen molar-refractivity contribution in [2.24, 2.45) is 0 Å². The zero-order valence-electron chi connectivity index (χ0n) is 14.0. The van der Waals surface area contributed by atoms with Crippen LogP contribution in [0.15, 0.2) is 42.5 Å². The number of halogens is 2. The molecule has 0 heterocycles. The van der Waals surface area contributed by atoms with Gasteiger partial charge in [0.2, 0.25) is 10.0 Å². The molecule has 0 unspecified atom stereocenters. The summed E-state index contributed by atoms with van der Waals surface area (Å²) in [5, 5.41) is 0.793. The molecular weight excluding hydrogens is 397 g/mol. The molecule has 138 valence electrons. The minimum absolute atomic E-state index is 0.294.